The van der Waals surface area contributed by atoms with E-state index < -0.39 is 0 Å². The van der Waals surface area contributed by atoms with Crippen LogP contribution in [0.3, 0.4) is 0 Å². The van der Waals surface area contributed by atoms with Gasteiger partial charge in [-0.1, -0.05) is 0 Å². The van der Waals surface area contributed by atoms with Gasteiger partial charge in [-0.3, -0.25) is 0 Å². The Kier molecular flexibility index (Phi) is 5.69. The lowest BCUT2D eigenvalue weighted by Crippen LogP contribution is -1.88. The van der Waals surface area contributed by atoms with Crippen molar-refractivity contribution in [3.63, 3.8) is 0 Å². The zero-order valence-corrected chi connectivity index (χ0v) is 19.7. The van der Waals surface area contributed by atoms with Crippen LogP contribution < -0.4 is 0 Å². The summed E-state index contributed by atoms with van der Waals surface area (Å²) in [5, 5.41) is 82.6. The van der Waals surface area contributed by atoms with Gasteiger partial charge >= 0.3 is 0 Å². The molecule has 0 atom stereocenters. The Labute approximate surface area is 214 Å². The van der Waals surface area contributed by atoms with Crippen LogP contribution in [-0.4, -0.2) is 40.9 Å². The summed E-state index contributed by atoms with van der Waals surface area (Å²) in [6.07, 6.45) is 0. The molecule has 0 aliphatic rings. The monoisotopic (exact) mass is 516 g/mol. The molecule has 9 heteroatoms. The standard InChI is InChI=1S/C28H20O8S/c29-13-1-5-17(21(33)9-13)25-26(18-6-2-14(30)10-22(18)34)28(20-8-4-16(32)12-24(20)36)37-27(25)19-7-3-15(31)11-23(19)35/h1-12,29-36H. The molecule has 8 N–H and O–H groups in total. The van der Waals surface area contributed by atoms with E-state index >= 15 is 0 Å². The largest absolute Gasteiger partial charge is 0.508 e. The molecule has 5 rings (SSSR count). The molecule has 1 aromatic heterocycles. The van der Waals surface area contributed by atoms with Crippen LogP contribution in [0.4, 0.5) is 0 Å². The average Bonchev–Trinajstić information content (AvgIpc) is 3.18. The van der Waals surface area contributed by atoms with Crippen molar-refractivity contribution in [1.29, 1.82) is 0 Å². The molecule has 8 nitrogen and oxygen atoms in total. The first-order valence-electron chi connectivity index (χ1n) is 10.9. The quantitative estimate of drug-likeness (QED) is 0.143. The Balaban J connectivity index is 1.98. The maximum Gasteiger partial charge on any atom is 0.127 e. The molecule has 5 aromatic rings. The summed E-state index contributed by atoms with van der Waals surface area (Å²) in [7, 11) is 0. The predicted octanol–water partition coefficient (Wildman–Crippen LogP) is 6.06. The molecular weight excluding hydrogens is 496 g/mol. The number of aromatic hydroxyl groups is 8. The predicted molar refractivity (Wildman–Crippen MR) is 139 cm³/mol. The zero-order valence-electron chi connectivity index (χ0n) is 18.9. The summed E-state index contributed by atoms with van der Waals surface area (Å²) >= 11 is 1.12. The Hall–Kier alpha value is -5.02. The molecule has 0 radical (unpaired) electrons. The normalized spacial score (nSPS) is 11.0. The van der Waals surface area contributed by atoms with Crippen molar-refractivity contribution in [3.05, 3.63) is 72.8 Å². The van der Waals surface area contributed by atoms with E-state index in [0.717, 1.165) is 35.6 Å². The van der Waals surface area contributed by atoms with Gasteiger partial charge in [-0.25, -0.2) is 0 Å². The van der Waals surface area contributed by atoms with Crippen molar-refractivity contribution in [1.82, 2.24) is 0 Å². The Bertz CT molecular complexity index is 1550. The van der Waals surface area contributed by atoms with Crippen molar-refractivity contribution < 1.29 is 40.9 Å². The fraction of sp³-hybridized carbons (Fsp3) is 0. The number of hydrogen-bond acceptors (Lipinski definition) is 9. The average molecular weight is 517 g/mol. The van der Waals surface area contributed by atoms with E-state index in [2.05, 4.69) is 0 Å². The van der Waals surface area contributed by atoms with E-state index in [1.165, 1.54) is 48.5 Å². The third kappa shape index (κ3) is 4.17. The first-order valence-corrected chi connectivity index (χ1v) is 11.7. The smallest absolute Gasteiger partial charge is 0.127 e. The highest BCUT2D eigenvalue weighted by atomic mass is 32.1. The number of phenolic OH excluding ortho intramolecular Hbond substituents is 8. The van der Waals surface area contributed by atoms with Crippen LogP contribution in [0, 0.1) is 0 Å². The van der Waals surface area contributed by atoms with Crippen LogP contribution in [-0.2, 0) is 0 Å². The number of benzene rings is 4. The summed E-state index contributed by atoms with van der Waals surface area (Å²) in [5.41, 5.74) is 1.73. The van der Waals surface area contributed by atoms with Gasteiger partial charge in [0.2, 0.25) is 0 Å². The highest BCUT2D eigenvalue weighted by molar-refractivity contribution is 7.20. The first kappa shape index (κ1) is 23.7. The van der Waals surface area contributed by atoms with Gasteiger partial charge in [0.25, 0.3) is 0 Å². The van der Waals surface area contributed by atoms with Gasteiger partial charge in [0.05, 0.1) is 0 Å². The fourth-order valence-corrected chi connectivity index (χ4v) is 5.61. The molecule has 0 aliphatic heterocycles. The Morgan fingerprint density at radius 3 is 0.892 bits per heavy atom. The lowest BCUT2D eigenvalue weighted by atomic mass is 9.90. The molecule has 0 spiro atoms. The summed E-state index contributed by atoms with van der Waals surface area (Å²) in [6.45, 7) is 0. The maximum absolute atomic E-state index is 10.8. The second-order valence-corrected chi connectivity index (χ2v) is 9.34. The van der Waals surface area contributed by atoms with Crippen molar-refractivity contribution in [3.8, 4) is 89.1 Å². The molecule has 0 amide bonds. The summed E-state index contributed by atoms with van der Waals surface area (Å²) in [5.74, 6) is -1.81. The molecule has 0 saturated carbocycles. The number of rotatable bonds is 4. The summed E-state index contributed by atoms with van der Waals surface area (Å²) in [4.78, 5) is 0.812. The van der Waals surface area contributed by atoms with Gasteiger partial charge in [-0.2, -0.15) is 0 Å². The van der Waals surface area contributed by atoms with E-state index in [1.807, 2.05) is 0 Å². The lowest BCUT2D eigenvalue weighted by Gasteiger charge is -2.14. The summed E-state index contributed by atoms with van der Waals surface area (Å²) < 4.78 is 0. The van der Waals surface area contributed by atoms with Gasteiger partial charge in [0.1, 0.15) is 46.0 Å². The molecule has 0 fully saturated rings. The number of hydrogen-bond donors (Lipinski definition) is 8. The second-order valence-electron chi connectivity index (χ2n) is 8.32. The highest BCUT2D eigenvalue weighted by Gasteiger charge is 2.28. The van der Waals surface area contributed by atoms with Crippen LogP contribution in [0.2, 0.25) is 0 Å². The van der Waals surface area contributed by atoms with Crippen molar-refractivity contribution in [2.24, 2.45) is 0 Å². The first-order chi connectivity index (χ1) is 17.6. The minimum Gasteiger partial charge on any atom is -0.508 e. The van der Waals surface area contributed by atoms with Crippen molar-refractivity contribution in [2.45, 2.75) is 0 Å². The van der Waals surface area contributed by atoms with E-state index in [4.69, 9.17) is 0 Å². The third-order valence-corrected chi connectivity index (χ3v) is 7.12. The maximum atomic E-state index is 10.8. The molecule has 186 valence electrons. The van der Waals surface area contributed by atoms with E-state index in [-0.39, 0.29) is 68.2 Å². The molecule has 4 aromatic carbocycles. The van der Waals surface area contributed by atoms with Crippen molar-refractivity contribution >= 4 is 11.3 Å². The van der Waals surface area contributed by atoms with E-state index in [9.17, 15) is 40.9 Å². The Morgan fingerprint density at radius 1 is 0.351 bits per heavy atom. The van der Waals surface area contributed by atoms with Crippen LogP contribution in [0.25, 0.3) is 43.1 Å². The van der Waals surface area contributed by atoms with Gasteiger partial charge in [0, 0.05) is 67.4 Å². The Morgan fingerprint density at radius 2 is 0.622 bits per heavy atom. The topological polar surface area (TPSA) is 162 Å². The van der Waals surface area contributed by atoms with Gasteiger partial charge in [0.15, 0.2) is 0 Å². The van der Waals surface area contributed by atoms with Crippen LogP contribution in [0.5, 0.6) is 46.0 Å². The summed E-state index contributed by atoms with van der Waals surface area (Å²) in [6, 6.07) is 16.0. The number of phenols is 8. The SMILES string of the molecule is Oc1ccc(-c2sc(-c3ccc(O)cc3O)c(-c3ccc(O)cc3O)c2-c2ccc(O)cc2O)c(O)c1. The molecule has 0 aliphatic carbocycles. The van der Waals surface area contributed by atoms with Crippen LogP contribution in [0.1, 0.15) is 0 Å². The van der Waals surface area contributed by atoms with E-state index in [1.54, 1.807) is 0 Å². The van der Waals surface area contributed by atoms with Gasteiger partial charge < -0.3 is 40.9 Å². The zero-order chi connectivity index (χ0) is 26.4. The molecule has 0 saturated heterocycles. The molecule has 37 heavy (non-hydrogen) atoms. The van der Waals surface area contributed by atoms with Crippen LogP contribution >= 0.6 is 11.3 Å². The molecule has 0 unspecified atom stereocenters. The lowest BCUT2D eigenvalue weighted by molar-refractivity contribution is 0.450. The minimum absolute atomic E-state index is 0.167. The third-order valence-electron chi connectivity index (χ3n) is 5.86. The van der Waals surface area contributed by atoms with Gasteiger partial charge in [-0.05, 0) is 48.5 Å². The van der Waals surface area contributed by atoms with Crippen LogP contribution in [0.15, 0.2) is 72.8 Å². The highest BCUT2D eigenvalue weighted by Crippen LogP contribution is 2.57. The second kappa shape index (κ2) is 8.89. The number of thiophene rings is 1. The minimum atomic E-state index is -0.293. The van der Waals surface area contributed by atoms with Gasteiger partial charge in [-0.15, -0.1) is 11.3 Å². The van der Waals surface area contributed by atoms with Crippen molar-refractivity contribution in [2.75, 3.05) is 0 Å². The fourth-order valence-electron chi connectivity index (χ4n) is 4.21. The molecule has 0 bridgehead atoms. The van der Waals surface area contributed by atoms with E-state index in [0.29, 0.717) is 20.9 Å². The molecular formula is C28H20O8S. The molecule has 1 heterocycles.